The molecule has 0 radical (unpaired) electrons. The first-order valence-electron chi connectivity index (χ1n) is 6.63. The molecular weight excluding hydrogens is 282 g/mol. The van der Waals surface area contributed by atoms with Crippen molar-refractivity contribution in [2.45, 2.75) is 36.9 Å². The molecule has 1 aliphatic heterocycles. The first-order valence-corrected chi connectivity index (χ1v) is 7.62. The van der Waals surface area contributed by atoms with Crippen molar-refractivity contribution >= 4 is 23.8 Å². The smallest absolute Gasteiger partial charge is 0.416 e. The van der Waals surface area contributed by atoms with Crippen LogP contribution < -0.4 is 0 Å². The fourth-order valence-electron chi connectivity index (χ4n) is 2.48. The second-order valence-electron chi connectivity index (χ2n) is 4.79. The third-order valence-corrected chi connectivity index (χ3v) is 4.44. The Kier molecular flexibility index (Phi) is 3.86. The molecule has 0 unspecified atom stereocenters. The predicted octanol–water partition coefficient (Wildman–Crippen LogP) is 0.859. The summed E-state index contributed by atoms with van der Waals surface area (Å²) in [5.74, 6) is -0.124. The summed E-state index contributed by atoms with van der Waals surface area (Å²) >= 11 is 1.27. The third kappa shape index (κ3) is 2.62. The van der Waals surface area contributed by atoms with Gasteiger partial charge in [0.25, 0.3) is 0 Å². The van der Waals surface area contributed by atoms with Gasteiger partial charge in [-0.1, -0.05) is 24.6 Å². The highest BCUT2D eigenvalue weighted by molar-refractivity contribution is 7.99. The summed E-state index contributed by atoms with van der Waals surface area (Å²) in [5.41, 5.74) is 0. The van der Waals surface area contributed by atoms with E-state index in [4.69, 9.17) is 4.74 Å². The molecule has 2 aliphatic rings. The van der Waals surface area contributed by atoms with Crippen LogP contribution in [0.3, 0.4) is 0 Å². The van der Waals surface area contributed by atoms with Crippen molar-refractivity contribution < 1.29 is 14.3 Å². The van der Waals surface area contributed by atoms with Crippen molar-refractivity contribution in [2.75, 3.05) is 18.9 Å². The molecule has 0 aromatic carbocycles. The highest BCUT2D eigenvalue weighted by Crippen LogP contribution is 2.31. The molecule has 3 rings (SSSR count). The fraction of sp³-hybridized carbons (Fsp3) is 0.727. The summed E-state index contributed by atoms with van der Waals surface area (Å²) in [6, 6.07) is 0.333. The number of tetrazole rings is 1. The first-order chi connectivity index (χ1) is 9.75. The van der Waals surface area contributed by atoms with Crippen molar-refractivity contribution in [3.63, 3.8) is 0 Å². The Labute approximate surface area is 119 Å². The summed E-state index contributed by atoms with van der Waals surface area (Å²) in [6.07, 6.45) is 3.96. The predicted molar refractivity (Wildman–Crippen MR) is 69.1 cm³/mol. The van der Waals surface area contributed by atoms with E-state index in [0.717, 1.165) is 17.7 Å². The largest absolute Gasteiger partial charge is 0.447 e. The molecule has 0 bridgehead atoms. The minimum Gasteiger partial charge on any atom is -0.447 e. The second kappa shape index (κ2) is 5.78. The fourth-order valence-corrected chi connectivity index (χ4v) is 3.30. The van der Waals surface area contributed by atoms with Gasteiger partial charge in [-0.15, -0.1) is 5.10 Å². The number of imide groups is 1. The van der Waals surface area contributed by atoms with Gasteiger partial charge in [0, 0.05) is 0 Å². The topological polar surface area (TPSA) is 90.2 Å². The van der Waals surface area contributed by atoms with Crippen LogP contribution in [0.5, 0.6) is 0 Å². The number of carbonyl (C=O) groups excluding carboxylic acids is 2. The Morgan fingerprint density at radius 2 is 2.20 bits per heavy atom. The Bertz CT molecular complexity index is 514. The lowest BCUT2D eigenvalue weighted by atomic mass is 10.3. The summed E-state index contributed by atoms with van der Waals surface area (Å²) in [6.45, 7) is 0.598. The van der Waals surface area contributed by atoms with Crippen LogP contribution in [0.15, 0.2) is 5.16 Å². The van der Waals surface area contributed by atoms with Gasteiger partial charge in [-0.25, -0.2) is 14.4 Å². The molecule has 8 nitrogen and oxygen atoms in total. The molecule has 2 fully saturated rings. The maximum absolute atomic E-state index is 11.9. The zero-order valence-electron chi connectivity index (χ0n) is 10.9. The second-order valence-corrected chi connectivity index (χ2v) is 5.74. The average Bonchev–Trinajstić information content (AvgIpc) is 3.16. The van der Waals surface area contributed by atoms with Crippen LogP contribution in [0.25, 0.3) is 0 Å². The molecular formula is C11H15N5O3S. The highest BCUT2D eigenvalue weighted by atomic mass is 32.2. The lowest BCUT2D eigenvalue weighted by Gasteiger charge is -2.12. The Hall–Kier alpha value is -1.64. The summed E-state index contributed by atoms with van der Waals surface area (Å²) in [5, 5.41) is 12.3. The van der Waals surface area contributed by atoms with E-state index in [1.807, 2.05) is 0 Å². The molecule has 2 amide bonds. The van der Waals surface area contributed by atoms with E-state index >= 15 is 0 Å². The van der Waals surface area contributed by atoms with E-state index in [1.54, 1.807) is 4.68 Å². The minimum atomic E-state index is -0.564. The number of cyclic esters (lactones) is 1. The number of carbonyl (C=O) groups is 2. The Balaban J connectivity index is 1.59. The van der Waals surface area contributed by atoms with Crippen LogP contribution >= 0.6 is 11.8 Å². The van der Waals surface area contributed by atoms with Crippen LogP contribution in [0, 0.1) is 0 Å². The standard InChI is InChI=1S/C11H15N5O3S/c17-9(15-5-6-19-11(15)18)7-20-10-12-13-14-16(10)8-3-1-2-4-8/h8H,1-7H2. The van der Waals surface area contributed by atoms with Gasteiger partial charge in [0.1, 0.15) is 6.61 Å². The molecule has 2 heterocycles. The van der Waals surface area contributed by atoms with E-state index in [2.05, 4.69) is 15.5 Å². The summed E-state index contributed by atoms with van der Waals surface area (Å²) < 4.78 is 6.54. The van der Waals surface area contributed by atoms with Gasteiger partial charge in [-0.3, -0.25) is 4.79 Å². The third-order valence-electron chi connectivity index (χ3n) is 3.52. The molecule has 0 spiro atoms. The van der Waals surface area contributed by atoms with Gasteiger partial charge in [-0.2, -0.15) is 0 Å². The molecule has 1 aromatic heterocycles. The lowest BCUT2D eigenvalue weighted by Crippen LogP contribution is -2.33. The molecule has 20 heavy (non-hydrogen) atoms. The number of rotatable bonds is 4. The number of aromatic nitrogens is 4. The van der Waals surface area contributed by atoms with Gasteiger partial charge in [0.2, 0.25) is 11.1 Å². The van der Waals surface area contributed by atoms with E-state index in [0.29, 0.717) is 17.7 Å². The lowest BCUT2D eigenvalue weighted by molar-refractivity contribution is -0.125. The van der Waals surface area contributed by atoms with Crippen molar-refractivity contribution in [1.82, 2.24) is 25.1 Å². The van der Waals surface area contributed by atoms with Crippen molar-refractivity contribution in [1.29, 1.82) is 0 Å². The first kappa shape index (κ1) is 13.3. The molecule has 1 saturated heterocycles. The van der Waals surface area contributed by atoms with Crippen molar-refractivity contribution in [2.24, 2.45) is 0 Å². The van der Waals surface area contributed by atoms with E-state index < -0.39 is 6.09 Å². The van der Waals surface area contributed by atoms with Gasteiger partial charge in [0.05, 0.1) is 18.3 Å². The van der Waals surface area contributed by atoms with Crippen LogP contribution in [-0.4, -0.2) is 56.0 Å². The van der Waals surface area contributed by atoms with Crippen LogP contribution in [0.2, 0.25) is 0 Å². The van der Waals surface area contributed by atoms with Crippen molar-refractivity contribution in [3.8, 4) is 0 Å². The number of hydrogen-bond acceptors (Lipinski definition) is 7. The van der Waals surface area contributed by atoms with Gasteiger partial charge < -0.3 is 4.74 Å². The van der Waals surface area contributed by atoms with E-state index in [9.17, 15) is 9.59 Å². The molecule has 1 saturated carbocycles. The quantitative estimate of drug-likeness (QED) is 0.761. The zero-order valence-corrected chi connectivity index (χ0v) is 11.7. The van der Waals surface area contributed by atoms with Gasteiger partial charge in [-0.05, 0) is 23.3 Å². The zero-order chi connectivity index (χ0) is 13.9. The maximum atomic E-state index is 11.9. The number of ether oxygens (including phenoxy) is 1. The number of nitrogens with zero attached hydrogens (tertiary/aromatic N) is 5. The molecule has 0 N–H and O–H groups in total. The molecule has 0 atom stereocenters. The normalized spacial score (nSPS) is 19.6. The van der Waals surface area contributed by atoms with Crippen LogP contribution in [0.4, 0.5) is 4.79 Å². The molecule has 1 aliphatic carbocycles. The maximum Gasteiger partial charge on any atom is 0.416 e. The van der Waals surface area contributed by atoms with E-state index in [-0.39, 0.29) is 18.3 Å². The monoisotopic (exact) mass is 297 g/mol. The van der Waals surface area contributed by atoms with Crippen LogP contribution in [-0.2, 0) is 9.53 Å². The number of hydrogen-bond donors (Lipinski definition) is 0. The van der Waals surface area contributed by atoms with Crippen molar-refractivity contribution in [3.05, 3.63) is 0 Å². The Morgan fingerprint density at radius 3 is 2.90 bits per heavy atom. The number of amides is 2. The average molecular weight is 297 g/mol. The molecule has 9 heteroatoms. The minimum absolute atomic E-state index is 0.141. The summed E-state index contributed by atoms with van der Waals surface area (Å²) in [7, 11) is 0. The molecule has 108 valence electrons. The SMILES string of the molecule is O=C(CSc1nnnn1C1CCCC1)N1CCOC1=O. The Morgan fingerprint density at radius 1 is 1.40 bits per heavy atom. The highest BCUT2D eigenvalue weighted by Gasteiger charge is 2.29. The van der Waals surface area contributed by atoms with Crippen LogP contribution in [0.1, 0.15) is 31.7 Å². The van der Waals surface area contributed by atoms with Gasteiger partial charge in [0.15, 0.2) is 0 Å². The number of thioether (sulfide) groups is 1. The molecule has 1 aromatic rings. The van der Waals surface area contributed by atoms with Gasteiger partial charge >= 0.3 is 6.09 Å². The summed E-state index contributed by atoms with van der Waals surface area (Å²) in [4.78, 5) is 24.3. The van der Waals surface area contributed by atoms with E-state index in [1.165, 1.54) is 24.6 Å².